The molecular formula is C34H36N2O4. The van der Waals surface area contributed by atoms with E-state index in [2.05, 4.69) is 0 Å². The van der Waals surface area contributed by atoms with E-state index in [-0.39, 0.29) is 24.9 Å². The van der Waals surface area contributed by atoms with Crippen molar-refractivity contribution in [2.45, 2.75) is 39.9 Å². The lowest BCUT2D eigenvalue weighted by Gasteiger charge is -2.31. The Kier molecular flexibility index (Phi) is 9.57. The third-order valence-corrected chi connectivity index (χ3v) is 6.71. The van der Waals surface area contributed by atoms with Gasteiger partial charge in [-0.25, -0.2) is 0 Å². The molecule has 0 saturated heterocycles. The van der Waals surface area contributed by atoms with Crippen LogP contribution in [0.25, 0.3) is 0 Å². The summed E-state index contributed by atoms with van der Waals surface area (Å²) >= 11 is 0. The number of hydrogen-bond acceptors (Lipinski definition) is 4. The number of para-hydroxylation sites is 4. The number of anilines is 2. The minimum absolute atomic E-state index is 0.195. The third-order valence-electron chi connectivity index (χ3n) is 6.71. The lowest BCUT2D eigenvalue weighted by atomic mass is 10.2. The summed E-state index contributed by atoms with van der Waals surface area (Å²) in [6.45, 7) is 7.94. The van der Waals surface area contributed by atoms with Crippen LogP contribution in [-0.4, -0.2) is 37.1 Å². The van der Waals surface area contributed by atoms with E-state index in [1.54, 1.807) is 23.6 Å². The van der Waals surface area contributed by atoms with E-state index in [4.69, 9.17) is 9.47 Å². The molecule has 0 fully saturated rings. The third kappa shape index (κ3) is 7.08. The molecule has 2 unspecified atom stereocenters. The van der Waals surface area contributed by atoms with Crippen LogP contribution in [0, 0.1) is 13.8 Å². The Bertz CT molecular complexity index is 1300. The van der Waals surface area contributed by atoms with Gasteiger partial charge in [0.2, 0.25) is 0 Å². The SMILES string of the molecule is Cc1ccccc1OC(C)C(=O)N(CCN(C(=O)C(C)Oc1ccccc1C)c1ccccc1)c1ccccc1. The molecule has 0 aliphatic carbocycles. The second-order valence-electron chi connectivity index (χ2n) is 9.70. The van der Waals surface area contributed by atoms with E-state index in [1.807, 2.05) is 123 Å². The first-order chi connectivity index (χ1) is 19.3. The van der Waals surface area contributed by atoms with E-state index in [1.165, 1.54) is 0 Å². The first kappa shape index (κ1) is 28.4. The molecule has 0 heterocycles. The number of aryl methyl sites for hydroxylation is 2. The number of rotatable bonds is 11. The highest BCUT2D eigenvalue weighted by Gasteiger charge is 2.28. The Morgan fingerprint density at radius 1 is 0.550 bits per heavy atom. The predicted molar refractivity (Wildman–Crippen MR) is 160 cm³/mol. The summed E-state index contributed by atoms with van der Waals surface area (Å²) in [6.07, 6.45) is -1.46. The number of carbonyl (C=O) groups is 2. The van der Waals surface area contributed by atoms with Crippen LogP contribution in [0.5, 0.6) is 11.5 Å². The fraction of sp³-hybridized carbons (Fsp3) is 0.235. The summed E-state index contributed by atoms with van der Waals surface area (Å²) in [5.74, 6) is 0.942. The summed E-state index contributed by atoms with van der Waals surface area (Å²) in [7, 11) is 0. The van der Waals surface area contributed by atoms with E-state index >= 15 is 0 Å². The lowest BCUT2D eigenvalue weighted by Crippen LogP contribution is -2.48. The van der Waals surface area contributed by atoms with E-state index in [9.17, 15) is 9.59 Å². The molecule has 0 bridgehead atoms. The summed E-state index contributed by atoms with van der Waals surface area (Å²) < 4.78 is 12.1. The standard InChI is InChI=1S/C34H36N2O4/c1-25-15-11-13-21-31(25)39-27(3)33(37)35(29-17-7-5-8-18-29)23-24-36(30-19-9-6-10-20-30)34(38)28(4)40-32-22-14-12-16-26(32)2/h5-22,27-28H,23-24H2,1-4H3. The molecule has 4 aromatic rings. The van der Waals surface area contributed by atoms with E-state index in [0.29, 0.717) is 11.5 Å². The molecule has 206 valence electrons. The number of nitrogens with zero attached hydrogens (tertiary/aromatic N) is 2. The fourth-order valence-corrected chi connectivity index (χ4v) is 4.45. The summed E-state index contributed by atoms with van der Waals surface area (Å²) in [4.78, 5) is 30.9. The molecule has 2 atom stereocenters. The minimum atomic E-state index is -0.731. The molecule has 6 heteroatoms. The summed E-state index contributed by atoms with van der Waals surface area (Å²) in [6, 6.07) is 34.2. The minimum Gasteiger partial charge on any atom is -0.481 e. The van der Waals surface area contributed by atoms with Gasteiger partial charge in [0, 0.05) is 24.5 Å². The van der Waals surface area contributed by atoms with Crippen LogP contribution in [-0.2, 0) is 9.59 Å². The molecule has 0 radical (unpaired) electrons. The molecule has 4 aromatic carbocycles. The van der Waals surface area contributed by atoms with Crippen LogP contribution < -0.4 is 19.3 Å². The normalized spacial score (nSPS) is 12.2. The van der Waals surface area contributed by atoms with Crippen molar-refractivity contribution in [3.63, 3.8) is 0 Å². The van der Waals surface area contributed by atoms with Gasteiger partial charge in [0.05, 0.1) is 0 Å². The van der Waals surface area contributed by atoms with Gasteiger partial charge in [-0.05, 0) is 75.2 Å². The van der Waals surface area contributed by atoms with E-state index < -0.39 is 12.2 Å². The van der Waals surface area contributed by atoms with Gasteiger partial charge in [-0.1, -0.05) is 72.8 Å². The van der Waals surface area contributed by atoms with Crippen LogP contribution >= 0.6 is 0 Å². The van der Waals surface area contributed by atoms with Crippen molar-refractivity contribution in [1.29, 1.82) is 0 Å². The van der Waals surface area contributed by atoms with E-state index in [0.717, 1.165) is 22.5 Å². The number of ether oxygens (including phenoxy) is 2. The van der Waals surface area contributed by atoms with Crippen molar-refractivity contribution in [3.8, 4) is 11.5 Å². The first-order valence-corrected chi connectivity index (χ1v) is 13.5. The highest BCUT2D eigenvalue weighted by Crippen LogP contribution is 2.23. The molecule has 0 aliphatic rings. The smallest absolute Gasteiger partial charge is 0.267 e. The van der Waals surface area contributed by atoms with Crippen molar-refractivity contribution in [1.82, 2.24) is 0 Å². The topological polar surface area (TPSA) is 59.1 Å². The van der Waals surface area contributed by atoms with Gasteiger partial charge in [0.25, 0.3) is 11.8 Å². The van der Waals surface area contributed by atoms with Crippen LogP contribution in [0.3, 0.4) is 0 Å². The average molecular weight is 537 g/mol. The molecule has 0 aromatic heterocycles. The Morgan fingerprint density at radius 3 is 1.23 bits per heavy atom. The Hall–Kier alpha value is -4.58. The zero-order valence-corrected chi connectivity index (χ0v) is 23.5. The van der Waals surface area contributed by atoms with Gasteiger partial charge in [-0.15, -0.1) is 0 Å². The first-order valence-electron chi connectivity index (χ1n) is 13.5. The maximum absolute atomic E-state index is 13.8. The number of carbonyl (C=O) groups excluding carboxylic acids is 2. The molecule has 0 spiro atoms. The second kappa shape index (κ2) is 13.5. The second-order valence-corrected chi connectivity index (χ2v) is 9.70. The molecule has 6 nitrogen and oxygen atoms in total. The Labute approximate surface area is 236 Å². The van der Waals surface area contributed by atoms with Gasteiger partial charge >= 0.3 is 0 Å². The molecule has 0 N–H and O–H groups in total. The summed E-state index contributed by atoms with van der Waals surface area (Å²) in [5.41, 5.74) is 3.38. The van der Waals surface area contributed by atoms with Gasteiger partial charge in [-0.3, -0.25) is 9.59 Å². The van der Waals surface area contributed by atoms with Gasteiger partial charge in [0.15, 0.2) is 12.2 Å². The molecule has 2 amide bonds. The van der Waals surface area contributed by atoms with Crippen LogP contribution in [0.1, 0.15) is 25.0 Å². The van der Waals surface area contributed by atoms with Gasteiger partial charge in [-0.2, -0.15) is 0 Å². The zero-order chi connectivity index (χ0) is 28.5. The Morgan fingerprint density at radius 2 is 0.875 bits per heavy atom. The molecule has 0 aliphatic heterocycles. The average Bonchev–Trinajstić information content (AvgIpc) is 2.98. The Balaban J connectivity index is 1.57. The van der Waals surface area contributed by atoms with Crippen molar-refractivity contribution < 1.29 is 19.1 Å². The van der Waals surface area contributed by atoms with Gasteiger partial charge in [0.1, 0.15) is 11.5 Å². The quantitative estimate of drug-likeness (QED) is 0.217. The zero-order valence-electron chi connectivity index (χ0n) is 23.5. The predicted octanol–water partition coefficient (Wildman–Crippen LogP) is 6.60. The highest BCUT2D eigenvalue weighted by atomic mass is 16.5. The number of amides is 2. The number of hydrogen-bond donors (Lipinski definition) is 0. The van der Waals surface area contributed by atoms with Gasteiger partial charge < -0.3 is 19.3 Å². The van der Waals surface area contributed by atoms with Crippen LogP contribution in [0.4, 0.5) is 11.4 Å². The fourth-order valence-electron chi connectivity index (χ4n) is 4.45. The van der Waals surface area contributed by atoms with Crippen molar-refractivity contribution in [3.05, 3.63) is 120 Å². The van der Waals surface area contributed by atoms with Crippen LogP contribution in [0.2, 0.25) is 0 Å². The lowest BCUT2D eigenvalue weighted by molar-refractivity contribution is -0.126. The van der Waals surface area contributed by atoms with Crippen molar-refractivity contribution in [2.24, 2.45) is 0 Å². The largest absolute Gasteiger partial charge is 0.481 e. The molecule has 4 rings (SSSR count). The molecule has 0 saturated carbocycles. The maximum Gasteiger partial charge on any atom is 0.267 e. The molecular weight excluding hydrogens is 500 g/mol. The van der Waals surface area contributed by atoms with Crippen LogP contribution in [0.15, 0.2) is 109 Å². The maximum atomic E-state index is 13.8. The van der Waals surface area contributed by atoms with Crippen molar-refractivity contribution in [2.75, 3.05) is 22.9 Å². The monoisotopic (exact) mass is 536 g/mol. The summed E-state index contributed by atoms with van der Waals surface area (Å²) in [5, 5.41) is 0. The molecule has 40 heavy (non-hydrogen) atoms. The highest BCUT2D eigenvalue weighted by molar-refractivity contribution is 5.98. The van der Waals surface area contributed by atoms with Crippen molar-refractivity contribution >= 4 is 23.2 Å². The number of benzene rings is 4.